The van der Waals surface area contributed by atoms with Crippen LogP contribution in [0.25, 0.3) is 0 Å². The van der Waals surface area contributed by atoms with Crippen molar-refractivity contribution in [1.82, 2.24) is 15.1 Å². The van der Waals surface area contributed by atoms with Crippen LogP contribution < -0.4 is 10.6 Å². The van der Waals surface area contributed by atoms with Crippen LogP contribution in [0.15, 0.2) is 24.3 Å². The molecule has 0 aliphatic heterocycles. The molecule has 1 aromatic carbocycles. The molecule has 0 bridgehead atoms. The highest BCUT2D eigenvalue weighted by atomic mass is 32.1. The molecule has 0 amide bonds. The van der Waals surface area contributed by atoms with E-state index >= 15 is 0 Å². The van der Waals surface area contributed by atoms with E-state index in [1.807, 2.05) is 37.7 Å². The first-order valence-electron chi connectivity index (χ1n) is 7.03. The van der Waals surface area contributed by atoms with E-state index in [4.69, 9.17) is 12.2 Å². The number of carbonyl (C=O) groups is 1. The molecule has 2 N–H and O–H groups in total. The molecule has 0 unspecified atom stereocenters. The summed E-state index contributed by atoms with van der Waals surface area (Å²) in [6.45, 7) is 6.17. The van der Waals surface area contributed by atoms with Gasteiger partial charge in [-0.15, -0.1) is 0 Å². The molecule has 0 atom stereocenters. The van der Waals surface area contributed by atoms with Crippen LogP contribution in [0.3, 0.4) is 0 Å². The van der Waals surface area contributed by atoms with Gasteiger partial charge in [0.05, 0.1) is 5.69 Å². The van der Waals surface area contributed by atoms with Crippen molar-refractivity contribution >= 4 is 28.8 Å². The first-order chi connectivity index (χ1) is 10.4. The third-order valence-electron chi connectivity index (χ3n) is 3.61. The van der Waals surface area contributed by atoms with Crippen molar-refractivity contribution in [2.24, 2.45) is 7.05 Å². The molecule has 116 valence electrons. The highest BCUT2D eigenvalue weighted by Gasteiger charge is 2.09. The van der Waals surface area contributed by atoms with Crippen molar-refractivity contribution in [2.75, 3.05) is 5.32 Å². The maximum Gasteiger partial charge on any atom is 0.171 e. The third kappa shape index (κ3) is 3.71. The van der Waals surface area contributed by atoms with Gasteiger partial charge >= 0.3 is 0 Å². The summed E-state index contributed by atoms with van der Waals surface area (Å²) in [5.41, 5.74) is 4.71. The zero-order valence-corrected chi connectivity index (χ0v) is 14.0. The van der Waals surface area contributed by atoms with Gasteiger partial charge in [0, 0.05) is 36.1 Å². The van der Waals surface area contributed by atoms with Gasteiger partial charge in [0.25, 0.3) is 0 Å². The Hall–Kier alpha value is -2.21. The lowest BCUT2D eigenvalue weighted by Gasteiger charge is -2.11. The fourth-order valence-corrected chi connectivity index (χ4v) is 2.42. The monoisotopic (exact) mass is 316 g/mol. The topological polar surface area (TPSA) is 59.0 Å². The van der Waals surface area contributed by atoms with Gasteiger partial charge in [-0.05, 0) is 45.1 Å². The van der Waals surface area contributed by atoms with Crippen LogP contribution in [-0.2, 0) is 13.6 Å². The van der Waals surface area contributed by atoms with E-state index in [0.717, 1.165) is 22.6 Å². The Morgan fingerprint density at radius 1 is 1.36 bits per heavy atom. The predicted octanol–water partition coefficient (Wildman–Crippen LogP) is 2.73. The summed E-state index contributed by atoms with van der Waals surface area (Å²) in [7, 11) is 1.93. The van der Waals surface area contributed by atoms with Gasteiger partial charge in [-0.3, -0.25) is 9.48 Å². The van der Waals surface area contributed by atoms with E-state index in [0.29, 0.717) is 17.2 Å². The maximum absolute atomic E-state index is 11.4. The summed E-state index contributed by atoms with van der Waals surface area (Å²) in [4.78, 5) is 11.4. The van der Waals surface area contributed by atoms with Crippen LogP contribution in [0.1, 0.15) is 34.2 Å². The second kappa shape index (κ2) is 6.70. The number of benzene rings is 1. The molecule has 2 aromatic rings. The van der Waals surface area contributed by atoms with Crippen LogP contribution in [0.2, 0.25) is 0 Å². The number of nitrogens with one attached hydrogen (secondary N) is 2. The van der Waals surface area contributed by atoms with Crippen molar-refractivity contribution in [1.29, 1.82) is 0 Å². The number of aromatic nitrogens is 2. The summed E-state index contributed by atoms with van der Waals surface area (Å²) >= 11 is 5.30. The van der Waals surface area contributed by atoms with Crippen LogP contribution >= 0.6 is 12.2 Å². The predicted molar refractivity (Wildman–Crippen MR) is 92.2 cm³/mol. The first-order valence-corrected chi connectivity index (χ1v) is 7.44. The van der Waals surface area contributed by atoms with Crippen molar-refractivity contribution in [3.63, 3.8) is 0 Å². The van der Waals surface area contributed by atoms with Gasteiger partial charge in [0.1, 0.15) is 0 Å². The van der Waals surface area contributed by atoms with Gasteiger partial charge in [-0.1, -0.05) is 12.1 Å². The lowest BCUT2D eigenvalue weighted by atomic mass is 10.1. The first kappa shape index (κ1) is 16.2. The molecule has 0 spiro atoms. The van der Waals surface area contributed by atoms with Gasteiger partial charge < -0.3 is 10.6 Å². The highest BCUT2D eigenvalue weighted by Crippen LogP contribution is 2.13. The lowest BCUT2D eigenvalue weighted by Crippen LogP contribution is -2.28. The van der Waals surface area contributed by atoms with Crippen LogP contribution in [0.5, 0.6) is 0 Å². The van der Waals surface area contributed by atoms with E-state index in [1.54, 1.807) is 19.1 Å². The molecule has 2 rings (SSSR count). The second-order valence-corrected chi connectivity index (χ2v) is 5.63. The van der Waals surface area contributed by atoms with Gasteiger partial charge in [-0.2, -0.15) is 5.10 Å². The van der Waals surface area contributed by atoms with E-state index in [2.05, 4.69) is 15.7 Å². The largest absolute Gasteiger partial charge is 0.358 e. The Kier molecular flexibility index (Phi) is 4.92. The number of aryl methyl sites for hydroxylation is 2. The SMILES string of the molecule is CC(=O)c1cccc(NC(=S)NCc2c(C)nn(C)c2C)c1. The van der Waals surface area contributed by atoms with Crippen molar-refractivity contribution < 1.29 is 4.79 Å². The summed E-state index contributed by atoms with van der Waals surface area (Å²) in [6, 6.07) is 7.28. The standard InChI is InChI=1S/C16H20N4OS/c1-10-15(11(2)20(4)19-10)9-17-16(22)18-14-7-5-6-13(8-14)12(3)21/h5-8H,9H2,1-4H3,(H2,17,18,22). The molecule has 0 radical (unpaired) electrons. The minimum atomic E-state index is 0.0316. The van der Waals surface area contributed by atoms with Crippen molar-refractivity contribution in [3.8, 4) is 0 Å². The average molecular weight is 316 g/mol. The molecular formula is C16H20N4OS. The molecule has 6 heteroatoms. The number of hydrogen-bond acceptors (Lipinski definition) is 3. The fraction of sp³-hybridized carbons (Fsp3) is 0.312. The van der Waals surface area contributed by atoms with Crippen molar-refractivity contribution in [2.45, 2.75) is 27.3 Å². The average Bonchev–Trinajstić information content (AvgIpc) is 2.70. The number of ketones is 1. The molecular weight excluding hydrogens is 296 g/mol. The smallest absolute Gasteiger partial charge is 0.171 e. The van der Waals surface area contributed by atoms with Gasteiger partial charge in [0.2, 0.25) is 0 Å². The fourth-order valence-electron chi connectivity index (χ4n) is 2.23. The summed E-state index contributed by atoms with van der Waals surface area (Å²) in [5, 5.41) is 11.2. The van der Waals surface area contributed by atoms with E-state index in [9.17, 15) is 4.79 Å². The number of thiocarbonyl (C=S) groups is 1. The third-order valence-corrected chi connectivity index (χ3v) is 3.86. The zero-order chi connectivity index (χ0) is 16.3. The number of anilines is 1. The minimum absolute atomic E-state index is 0.0316. The number of Topliss-reactive ketones (excluding diaryl/α,β-unsaturated/α-hetero) is 1. The molecule has 0 aliphatic rings. The van der Waals surface area contributed by atoms with Crippen molar-refractivity contribution in [3.05, 3.63) is 46.8 Å². The molecule has 0 saturated heterocycles. The highest BCUT2D eigenvalue weighted by molar-refractivity contribution is 7.80. The number of hydrogen-bond donors (Lipinski definition) is 2. The Balaban J connectivity index is 1.99. The summed E-state index contributed by atoms with van der Waals surface area (Å²) < 4.78 is 1.86. The minimum Gasteiger partial charge on any atom is -0.358 e. The molecule has 1 heterocycles. The van der Waals surface area contributed by atoms with Crippen LogP contribution in [0, 0.1) is 13.8 Å². The molecule has 22 heavy (non-hydrogen) atoms. The quantitative estimate of drug-likeness (QED) is 0.671. The van der Waals surface area contributed by atoms with E-state index in [1.165, 1.54) is 0 Å². The molecule has 0 saturated carbocycles. The molecule has 5 nitrogen and oxygen atoms in total. The zero-order valence-electron chi connectivity index (χ0n) is 13.2. The lowest BCUT2D eigenvalue weighted by molar-refractivity contribution is 0.101. The molecule has 0 aliphatic carbocycles. The van der Waals surface area contributed by atoms with E-state index < -0.39 is 0 Å². The number of rotatable bonds is 4. The van der Waals surface area contributed by atoms with E-state index in [-0.39, 0.29) is 5.78 Å². The maximum atomic E-state index is 11.4. The molecule has 1 aromatic heterocycles. The Morgan fingerprint density at radius 2 is 2.09 bits per heavy atom. The summed E-state index contributed by atoms with van der Waals surface area (Å²) in [6.07, 6.45) is 0. The normalized spacial score (nSPS) is 10.4. The van der Waals surface area contributed by atoms with Crippen LogP contribution in [0.4, 0.5) is 5.69 Å². The Bertz CT molecular complexity index is 721. The second-order valence-electron chi connectivity index (χ2n) is 5.22. The Labute approximate surface area is 135 Å². The van der Waals surface area contributed by atoms with Gasteiger partial charge in [-0.25, -0.2) is 0 Å². The summed E-state index contributed by atoms with van der Waals surface area (Å²) in [5.74, 6) is 0.0316. The van der Waals surface area contributed by atoms with Crippen LogP contribution in [-0.4, -0.2) is 20.7 Å². The number of carbonyl (C=O) groups excluding carboxylic acids is 1. The Morgan fingerprint density at radius 3 is 2.68 bits per heavy atom. The van der Waals surface area contributed by atoms with Gasteiger partial charge in [0.15, 0.2) is 10.9 Å². The molecule has 0 fully saturated rings. The number of nitrogens with zero attached hydrogens (tertiary/aromatic N) is 2.